The van der Waals surface area contributed by atoms with E-state index in [1.54, 1.807) is 0 Å². The quantitative estimate of drug-likeness (QED) is 0.687. The molecule has 0 saturated heterocycles. The van der Waals surface area contributed by atoms with Gasteiger partial charge >= 0.3 is 0 Å². The topological polar surface area (TPSA) is 12.9 Å². The minimum absolute atomic E-state index is 1.13. The largest absolute Gasteiger partial charge is 0.258 e. The number of aromatic nitrogens is 1. The molecule has 0 fully saturated rings. The van der Waals surface area contributed by atoms with Crippen molar-refractivity contribution in [3.05, 3.63) is 29.1 Å². The molecule has 15 heavy (non-hydrogen) atoms. The van der Waals surface area contributed by atoms with Crippen LogP contribution in [0.1, 0.15) is 58.0 Å². The molecule has 0 aliphatic rings. The third-order valence-corrected chi connectivity index (χ3v) is 1.68. The molecule has 0 unspecified atom stereocenters. The van der Waals surface area contributed by atoms with E-state index in [4.69, 9.17) is 0 Å². The normalized spacial score (nSPS) is 8.20. The highest BCUT2D eigenvalue weighted by molar-refractivity contribution is 5.20. The Morgan fingerprint density at radius 1 is 0.933 bits per heavy atom. The highest BCUT2D eigenvalue weighted by Crippen LogP contribution is 2.06. The third-order valence-electron chi connectivity index (χ3n) is 1.68. The standard InChI is InChI=1S/C10H15N.2C2H6/c1-4-5-10-6-8(2)11-9(3)7-10;2*1-2/h6-7H,4-5H2,1-3H3;2*1-2H3. The van der Waals surface area contributed by atoms with Crippen molar-refractivity contribution < 1.29 is 0 Å². The number of aryl methyl sites for hydroxylation is 3. The summed E-state index contributed by atoms with van der Waals surface area (Å²) < 4.78 is 0. The molecule has 1 heterocycles. The van der Waals surface area contributed by atoms with E-state index in [2.05, 4.69) is 24.0 Å². The first-order chi connectivity index (χ1) is 7.22. The average Bonchev–Trinajstić information content (AvgIpc) is 2.23. The molecule has 88 valence electrons. The maximum Gasteiger partial charge on any atom is 0.0378 e. The van der Waals surface area contributed by atoms with Gasteiger partial charge < -0.3 is 0 Å². The molecule has 0 aliphatic heterocycles. The van der Waals surface area contributed by atoms with Crippen LogP contribution in [0.3, 0.4) is 0 Å². The highest BCUT2D eigenvalue weighted by atomic mass is 14.7. The smallest absolute Gasteiger partial charge is 0.0378 e. The van der Waals surface area contributed by atoms with Gasteiger partial charge in [-0.2, -0.15) is 0 Å². The molecule has 0 N–H and O–H groups in total. The van der Waals surface area contributed by atoms with Gasteiger partial charge in [0, 0.05) is 11.4 Å². The minimum Gasteiger partial charge on any atom is -0.258 e. The lowest BCUT2D eigenvalue weighted by atomic mass is 10.1. The zero-order chi connectivity index (χ0) is 12.3. The van der Waals surface area contributed by atoms with Gasteiger partial charge in [-0.1, -0.05) is 41.0 Å². The number of hydrogen-bond acceptors (Lipinski definition) is 1. The Morgan fingerprint density at radius 2 is 1.33 bits per heavy atom. The van der Waals surface area contributed by atoms with E-state index < -0.39 is 0 Å². The van der Waals surface area contributed by atoms with Crippen LogP contribution in [0.15, 0.2) is 12.1 Å². The van der Waals surface area contributed by atoms with Gasteiger partial charge in [-0.25, -0.2) is 0 Å². The SMILES string of the molecule is CC.CC.CCCc1cc(C)nc(C)c1. The van der Waals surface area contributed by atoms with Crippen LogP contribution in [0.25, 0.3) is 0 Å². The lowest BCUT2D eigenvalue weighted by Crippen LogP contribution is -1.90. The fourth-order valence-corrected chi connectivity index (χ4v) is 1.35. The van der Waals surface area contributed by atoms with E-state index >= 15 is 0 Å². The Labute approximate surface area is 95.9 Å². The maximum absolute atomic E-state index is 4.32. The lowest BCUT2D eigenvalue weighted by molar-refractivity contribution is 0.909. The predicted octanol–water partition coefficient (Wildman–Crippen LogP) is 4.70. The van der Waals surface area contributed by atoms with Gasteiger partial charge in [0.25, 0.3) is 0 Å². The number of nitrogens with zero attached hydrogens (tertiary/aromatic N) is 1. The summed E-state index contributed by atoms with van der Waals surface area (Å²) in [5.74, 6) is 0. The average molecular weight is 209 g/mol. The van der Waals surface area contributed by atoms with Crippen molar-refractivity contribution in [1.82, 2.24) is 4.98 Å². The molecule has 0 saturated carbocycles. The van der Waals surface area contributed by atoms with E-state index in [0.29, 0.717) is 0 Å². The molecule has 0 amide bonds. The Hall–Kier alpha value is -0.850. The van der Waals surface area contributed by atoms with Gasteiger partial charge in [0.1, 0.15) is 0 Å². The summed E-state index contributed by atoms with van der Waals surface area (Å²) in [6, 6.07) is 4.33. The van der Waals surface area contributed by atoms with Gasteiger partial charge in [0.05, 0.1) is 0 Å². The molecule has 1 aromatic heterocycles. The van der Waals surface area contributed by atoms with Crippen LogP contribution in [0.5, 0.6) is 0 Å². The molecule has 0 radical (unpaired) electrons. The van der Waals surface area contributed by atoms with Gasteiger partial charge in [0.2, 0.25) is 0 Å². The molecule has 1 nitrogen and oxygen atoms in total. The van der Waals surface area contributed by atoms with Crippen molar-refractivity contribution in [2.45, 2.75) is 61.3 Å². The van der Waals surface area contributed by atoms with Gasteiger partial charge in [-0.15, -0.1) is 0 Å². The van der Waals surface area contributed by atoms with Gasteiger partial charge in [-0.3, -0.25) is 4.98 Å². The van der Waals surface area contributed by atoms with Crippen LogP contribution in [0, 0.1) is 13.8 Å². The molecule has 0 atom stereocenters. The fourth-order valence-electron chi connectivity index (χ4n) is 1.35. The van der Waals surface area contributed by atoms with Crippen molar-refractivity contribution in [3.8, 4) is 0 Å². The van der Waals surface area contributed by atoms with Crippen LogP contribution < -0.4 is 0 Å². The third kappa shape index (κ3) is 8.17. The van der Waals surface area contributed by atoms with Crippen LogP contribution in [-0.2, 0) is 6.42 Å². The van der Waals surface area contributed by atoms with Crippen molar-refractivity contribution in [2.75, 3.05) is 0 Å². The van der Waals surface area contributed by atoms with E-state index in [0.717, 1.165) is 11.4 Å². The van der Waals surface area contributed by atoms with Crippen LogP contribution in [0.4, 0.5) is 0 Å². The lowest BCUT2D eigenvalue weighted by Gasteiger charge is -2.01. The molecule has 1 heteroatoms. The second-order valence-electron chi connectivity index (χ2n) is 3.01. The molecular weight excluding hydrogens is 182 g/mol. The molecular formula is C14H27N. The van der Waals surface area contributed by atoms with Crippen molar-refractivity contribution in [3.63, 3.8) is 0 Å². The predicted molar refractivity (Wildman–Crippen MR) is 70.4 cm³/mol. The summed E-state index contributed by atoms with van der Waals surface area (Å²) in [6.07, 6.45) is 2.38. The second-order valence-corrected chi connectivity index (χ2v) is 3.01. The van der Waals surface area contributed by atoms with E-state index in [-0.39, 0.29) is 0 Å². The Morgan fingerprint density at radius 3 is 1.67 bits per heavy atom. The van der Waals surface area contributed by atoms with Crippen LogP contribution in [0.2, 0.25) is 0 Å². The summed E-state index contributed by atoms with van der Waals surface area (Å²) in [4.78, 5) is 4.32. The van der Waals surface area contributed by atoms with Crippen LogP contribution >= 0.6 is 0 Å². The van der Waals surface area contributed by atoms with Crippen LogP contribution in [-0.4, -0.2) is 4.98 Å². The molecule has 1 rings (SSSR count). The summed E-state index contributed by atoms with van der Waals surface area (Å²) in [5.41, 5.74) is 3.68. The Kier molecular flexibility index (Phi) is 12.4. The molecule has 0 aromatic carbocycles. The van der Waals surface area contributed by atoms with E-state index in [9.17, 15) is 0 Å². The minimum atomic E-state index is 1.13. The summed E-state index contributed by atoms with van der Waals surface area (Å²) in [5, 5.41) is 0. The maximum atomic E-state index is 4.32. The van der Waals surface area contributed by atoms with Crippen molar-refractivity contribution in [1.29, 1.82) is 0 Å². The summed E-state index contributed by atoms with van der Waals surface area (Å²) in [7, 11) is 0. The highest BCUT2D eigenvalue weighted by Gasteiger charge is 1.94. The Balaban J connectivity index is 0. The first-order valence-corrected chi connectivity index (χ1v) is 6.16. The van der Waals surface area contributed by atoms with E-state index in [1.807, 2.05) is 41.5 Å². The first-order valence-electron chi connectivity index (χ1n) is 6.16. The summed E-state index contributed by atoms with van der Waals surface area (Å²) in [6.45, 7) is 14.3. The molecule has 0 bridgehead atoms. The van der Waals surface area contributed by atoms with Gasteiger partial charge in [-0.05, 0) is 38.0 Å². The fraction of sp³-hybridized carbons (Fsp3) is 0.643. The summed E-state index contributed by atoms with van der Waals surface area (Å²) >= 11 is 0. The van der Waals surface area contributed by atoms with Crippen molar-refractivity contribution in [2.24, 2.45) is 0 Å². The second kappa shape index (κ2) is 11.2. The number of pyridine rings is 1. The zero-order valence-electron chi connectivity index (χ0n) is 11.5. The monoisotopic (exact) mass is 209 g/mol. The molecule has 0 aliphatic carbocycles. The zero-order valence-corrected chi connectivity index (χ0v) is 11.5. The number of hydrogen-bond donors (Lipinski definition) is 0. The molecule has 0 spiro atoms. The molecule has 1 aromatic rings. The van der Waals surface area contributed by atoms with Gasteiger partial charge in [0.15, 0.2) is 0 Å². The van der Waals surface area contributed by atoms with Crippen molar-refractivity contribution >= 4 is 0 Å². The first kappa shape index (κ1) is 16.6. The van der Waals surface area contributed by atoms with E-state index in [1.165, 1.54) is 18.4 Å². The number of rotatable bonds is 2. The Bertz CT molecular complexity index is 221.